The van der Waals surface area contributed by atoms with Crippen LogP contribution in [0.4, 0.5) is 0 Å². The van der Waals surface area contributed by atoms with Gasteiger partial charge in [0, 0.05) is 0 Å². The first kappa shape index (κ1) is 8.93. The van der Waals surface area contributed by atoms with Gasteiger partial charge in [0.15, 0.2) is 5.11 Å². The van der Waals surface area contributed by atoms with Gasteiger partial charge in [-0.1, -0.05) is 0 Å². The number of hydrogen-bond donors (Lipinski definition) is 2. The highest BCUT2D eigenvalue weighted by molar-refractivity contribution is 7.92. The molecule has 0 aliphatic rings. The number of halogens is 1. The molecule has 0 unspecified atom stereocenters. The molecule has 0 saturated carbocycles. The highest BCUT2D eigenvalue weighted by Crippen LogP contribution is 1.85. The van der Waals surface area contributed by atoms with Crippen molar-refractivity contribution in [2.24, 2.45) is 5.73 Å². The van der Waals surface area contributed by atoms with Crippen LogP contribution in [0.25, 0.3) is 0 Å². The number of hydrogen-bond acceptors (Lipinski definition) is 3. The van der Waals surface area contributed by atoms with Crippen molar-refractivity contribution in [2.45, 2.75) is 0 Å². The van der Waals surface area contributed by atoms with Gasteiger partial charge in [-0.25, -0.2) is 8.42 Å². The Morgan fingerprint density at radius 3 is 2.33 bits per heavy atom. The van der Waals surface area contributed by atoms with E-state index in [0.717, 1.165) is 0 Å². The molecule has 9 heavy (non-hydrogen) atoms. The molecule has 0 bridgehead atoms. The summed E-state index contributed by atoms with van der Waals surface area (Å²) >= 11 is 9.21. The van der Waals surface area contributed by atoms with Gasteiger partial charge in [-0.3, -0.25) is 4.72 Å². The maximum Gasteiger partial charge on any atom is 0.248 e. The molecule has 7 heteroatoms. The Bertz CT molecular complexity index is 199. The van der Waals surface area contributed by atoms with Gasteiger partial charge in [0.2, 0.25) is 10.0 Å². The van der Waals surface area contributed by atoms with E-state index in [-0.39, 0.29) is 5.11 Å². The number of sulfonamides is 1. The Kier molecular flexibility index (Phi) is 3.16. The summed E-state index contributed by atoms with van der Waals surface area (Å²) in [5, 5.41) is -0.833. The Morgan fingerprint density at radius 2 is 2.22 bits per heavy atom. The molecule has 0 radical (unpaired) electrons. The van der Waals surface area contributed by atoms with Gasteiger partial charge in [0.05, 0.1) is 0 Å². The fourth-order valence-electron chi connectivity index (χ4n) is 0.181. The van der Waals surface area contributed by atoms with Crippen LogP contribution in [-0.4, -0.2) is 18.7 Å². The van der Waals surface area contributed by atoms with E-state index < -0.39 is 15.2 Å². The molecule has 0 aliphatic carbocycles. The Labute approximate surface area is 63.4 Å². The maximum absolute atomic E-state index is 10.4. The van der Waals surface area contributed by atoms with Gasteiger partial charge in [-0.15, -0.1) is 11.6 Å². The molecular weight excluding hydrogens is 184 g/mol. The monoisotopic (exact) mass is 188 g/mol. The first-order valence-electron chi connectivity index (χ1n) is 1.84. The van der Waals surface area contributed by atoms with Crippen LogP contribution in [0.2, 0.25) is 0 Å². The summed E-state index contributed by atoms with van der Waals surface area (Å²) in [6.45, 7) is 0. The standard InChI is InChI=1S/C2H5ClN2O2S2/c3-1-9(6,7)5-2(4)8/h1H2,(H3,4,5,8). The smallest absolute Gasteiger partial charge is 0.248 e. The summed E-state index contributed by atoms with van der Waals surface area (Å²) < 4.78 is 22.6. The lowest BCUT2D eigenvalue weighted by atomic mass is 11.3. The molecule has 0 aromatic carbocycles. The summed E-state index contributed by atoms with van der Waals surface area (Å²) in [7, 11) is -3.47. The van der Waals surface area contributed by atoms with E-state index in [0.29, 0.717) is 0 Å². The van der Waals surface area contributed by atoms with Gasteiger partial charge in [0.1, 0.15) is 5.21 Å². The Morgan fingerprint density at radius 1 is 1.78 bits per heavy atom. The SMILES string of the molecule is NC(=S)NS(=O)(=O)CCl. The van der Waals surface area contributed by atoms with Crippen molar-refractivity contribution >= 4 is 39.0 Å². The van der Waals surface area contributed by atoms with Crippen molar-refractivity contribution in [3.05, 3.63) is 0 Å². The largest absolute Gasteiger partial charge is 0.376 e. The summed E-state index contributed by atoms with van der Waals surface area (Å²) in [6, 6.07) is 0. The normalized spacial score (nSPS) is 10.8. The predicted molar refractivity (Wildman–Crippen MR) is 39.6 cm³/mol. The average Bonchev–Trinajstić information content (AvgIpc) is 1.63. The van der Waals surface area contributed by atoms with Crippen LogP contribution < -0.4 is 10.5 Å². The molecule has 0 atom stereocenters. The third-order valence-electron chi connectivity index (χ3n) is 0.400. The van der Waals surface area contributed by atoms with Crippen molar-refractivity contribution in [1.82, 2.24) is 4.72 Å². The van der Waals surface area contributed by atoms with E-state index in [4.69, 9.17) is 17.3 Å². The summed E-state index contributed by atoms with van der Waals surface area (Å²) in [4.78, 5) is 0. The molecule has 0 amide bonds. The highest BCUT2D eigenvalue weighted by Gasteiger charge is 2.06. The fourth-order valence-corrected chi connectivity index (χ4v) is 1.09. The number of nitrogens with one attached hydrogen (secondary N) is 1. The zero-order valence-electron chi connectivity index (χ0n) is 4.30. The van der Waals surface area contributed by atoms with E-state index in [1.54, 1.807) is 0 Å². The molecule has 0 aromatic heterocycles. The first-order chi connectivity index (χ1) is 3.98. The molecule has 0 saturated heterocycles. The van der Waals surface area contributed by atoms with Crippen LogP contribution in [-0.2, 0) is 10.0 Å². The summed E-state index contributed by atoms with van der Waals surface area (Å²) in [5.41, 5.74) is 4.84. The van der Waals surface area contributed by atoms with Gasteiger partial charge in [0.25, 0.3) is 0 Å². The number of alkyl halides is 1. The Balaban J connectivity index is 4.06. The van der Waals surface area contributed by atoms with E-state index in [1.807, 2.05) is 4.72 Å². The quantitative estimate of drug-likeness (QED) is 0.446. The highest BCUT2D eigenvalue weighted by atomic mass is 35.5. The zero-order chi connectivity index (χ0) is 7.49. The second-order valence-electron chi connectivity index (χ2n) is 1.19. The first-order valence-corrected chi connectivity index (χ1v) is 4.43. The van der Waals surface area contributed by atoms with Crippen LogP contribution in [0.5, 0.6) is 0 Å². The van der Waals surface area contributed by atoms with Crippen molar-refractivity contribution in [2.75, 3.05) is 5.21 Å². The lowest BCUT2D eigenvalue weighted by Gasteiger charge is -1.99. The van der Waals surface area contributed by atoms with Crippen LogP contribution in [0.1, 0.15) is 0 Å². The fraction of sp³-hybridized carbons (Fsp3) is 0.500. The van der Waals surface area contributed by atoms with E-state index in [9.17, 15) is 8.42 Å². The van der Waals surface area contributed by atoms with Gasteiger partial charge < -0.3 is 5.73 Å². The topological polar surface area (TPSA) is 72.2 Å². The number of nitrogens with two attached hydrogens (primary N) is 1. The maximum atomic E-state index is 10.4. The Hall–Kier alpha value is -0.0700. The lowest BCUT2D eigenvalue weighted by molar-refractivity contribution is 0.597. The second kappa shape index (κ2) is 3.19. The van der Waals surface area contributed by atoms with E-state index >= 15 is 0 Å². The van der Waals surface area contributed by atoms with Crippen molar-refractivity contribution in [3.63, 3.8) is 0 Å². The molecule has 4 nitrogen and oxygen atoms in total. The van der Waals surface area contributed by atoms with E-state index in [1.165, 1.54) is 0 Å². The van der Waals surface area contributed by atoms with Crippen LogP contribution >= 0.6 is 23.8 Å². The summed E-state index contributed by atoms with van der Waals surface area (Å²) in [6.07, 6.45) is 0. The average molecular weight is 189 g/mol. The van der Waals surface area contributed by atoms with Crippen molar-refractivity contribution < 1.29 is 8.42 Å². The minimum Gasteiger partial charge on any atom is -0.376 e. The van der Waals surface area contributed by atoms with Crippen LogP contribution in [0.15, 0.2) is 0 Å². The zero-order valence-corrected chi connectivity index (χ0v) is 6.68. The van der Waals surface area contributed by atoms with Gasteiger partial charge >= 0.3 is 0 Å². The van der Waals surface area contributed by atoms with Gasteiger partial charge in [-0.05, 0) is 12.2 Å². The lowest BCUT2D eigenvalue weighted by Crippen LogP contribution is -2.35. The number of rotatable bonds is 2. The van der Waals surface area contributed by atoms with Crippen molar-refractivity contribution in [1.29, 1.82) is 0 Å². The molecule has 0 aromatic rings. The number of thiocarbonyl (C=S) groups is 1. The third-order valence-corrected chi connectivity index (χ3v) is 2.31. The summed E-state index contributed by atoms with van der Waals surface area (Å²) in [5.74, 6) is 0. The van der Waals surface area contributed by atoms with Gasteiger partial charge in [-0.2, -0.15) is 0 Å². The molecule has 0 aliphatic heterocycles. The minimum atomic E-state index is -3.47. The third kappa shape index (κ3) is 4.43. The predicted octanol–water partition coefficient (Wildman–Crippen LogP) is -0.654. The molecular formula is C2H5ClN2O2S2. The van der Waals surface area contributed by atoms with Crippen LogP contribution in [0.3, 0.4) is 0 Å². The molecule has 3 N–H and O–H groups in total. The molecule has 0 rings (SSSR count). The second-order valence-corrected chi connectivity index (χ2v) is 3.94. The van der Waals surface area contributed by atoms with Crippen molar-refractivity contribution in [3.8, 4) is 0 Å². The molecule has 0 spiro atoms. The van der Waals surface area contributed by atoms with E-state index in [2.05, 4.69) is 12.2 Å². The molecule has 54 valence electrons. The van der Waals surface area contributed by atoms with Crippen LogP contribution in [0, 0.1) is 0 Å². The minimum absolute atomic E-state index is 0.296. The molecule has 0 heterocycles. The molecule has 0 fully saturated rings.